The van der Waals surface area contributed by atoms with Gasteiger partial charge in [0.05, 0.1) is 11.4 Å². The van der Waals surface area contributed by atoms with Crippen molar-refractivity contribution < 1.29 is 9.59 Å². The number of halogens is 1. The third-order valence-corrected chi connectivity index (χ3v) is 3.68. The van der Waals surface area contributed by atoms with Crippen molar-refractivity contribution in [1.29, 1.82) is 0 Å². The van der Waals surface area contributed by atoms with Gasteiger partial charge in [-0.25, -0.2) is 0 Å². The number of nitrogens with one attached hydrogen (secondary N) is 2. The normalized spacial score (nSPS) is 22.0. The zero-order valence-corrected chi connectivity index (χ0v) is 11.4. The molecule has 1 aromatic rings. The minimum atomic E-state index is -1.12. The minimum Gasteiger partial charge on any atom is -0.323 e. The fourth-order valence-electron chi connectivity index (χ4n) is 2.21. The number of allylic oxidation sites excluding steroid dienone is 1. The Balaban J connectivity index is 2.49. The SMILES string of the molecule is C=CCC1(CC)C(=O)Nc2ccc(Cl)cc2NC1=O. The number of fused-ring (bicyclic) bond motifs is 1. The summed E-state index contributed by atoms with van der Waals surface area (Å²) in [5.74, 6) is -0.637. The van der Waals surface area contributed by atoms with Crippen molar-refractivity contribution >= 4 is 34.8 Å². The summed E-state index contributed by atoms with van der Waals surface area (Å²) in [4.78, 5) is 24.7. The first-order valence-corrected chi connectivity index (χ1v) is 6.44. The number of amides is 2. The number of benzene rings is 1. The molecule has 19 heavy (non-hydrogen) atoms. The van der Waals surface area contributed by atoms with E-state index < -0.39 is 5.41 Å². The Morgan fingerprint density at radius 1 is 1.26 bits per heavy atom. The predicted molar refractivity (Wildman–Crippen MR) is 76.2 cm³/mol. The summed E-state index contributed by atoms with van der Waals surface area (Å²) in [5, 5.41) is 6.04. The van der Waals surface area contributed by atoms with E-state index in [1.54, 1.807) is 24.3 Å². The lowest BCUT2D eigenvalue weighted by Gasteiger charge is -2.25. The maximum absolute atomic E-state index is 12.4. The highest BCUT2D eigenvalue weighted by atomic mass is 35.5. The fraction of sp³-hybridized carbons (Fsp3) is 0.286. The van der Waals surface area contributed by atoms with Crippen LogP contribution >= 0.6 is 11.6 Å². The van der Waals surface area contributed by atoms with Crippen LogP contribution in [0.1, 0.15) is 19.8 Å². The van der Waals surface area contributed by atoms with Gasteiger partial charge in [0, 0.05) is 5.02 Å². The molecule has 0 aromatic heterocycles. The largest absolute Gasteiger partial charge is 0.323 e. The third-order valence-electron chi connectivity index (χ3n) is 3.44. The molecule has 0 saturated heterocycles. The molecule has 1 aliphatic heterocycles. The van der Waals surface area contributed by atoms with Crippen LogP contribution in [0.5, 0.6) is 0 Å². The summed E-state index contributed by atoms with van der Waals surface area (Å²) in [6.45, 7) is 5.44. The van der Waals surface area contributed by atoms with E-state index in [-0.39, 0.29) is 11.8 Å². The quantitative estimate of drug-likeness (QED) is 0.659. The topological polar surface area (TPSA) is 58.2 Å². The van der Waals surface area contributed by atoms with Crippen LogP contribution in [0.15, 0.2) is 30.9 Å². The van der Waals surface area contributed by atoms with Crippen LogP contribution in [0.25, 0.3) is 0 Å². The smallest absolute Gasteiger partial charge is 0.240 e. The molecule has 0 radical (unpaired) electrons. The fourth-order valence-corrected chi connectivity index (χ4v) is 2.39. The van der Waals surface area contributed by atoms with Crippen LogP contribution in [-0.4, -0.2) is 11.8 Å². The Labute approximate surface area is 116 Å². The molecule has 1 aromatic carbocycles. The second kappa shape index (κ2) is 5.05. The molecule has 1 aliphatic rings. The van der Waals surface area contributed by atoms with Crippen LogP contribution in [0.2, 0.25) is 5.02 Å². The Bertz CT molecular complexity index is 556. The summed E-state index contributed by atoms with van der Waals surface area (Å²) in [5.41, 5.74) is -0.0415. The molecule has 2 amide bonds. The Morgan fingerprint density at radius 3 is 2.47 bits per heavy atom. The minimum absolute atomic E-state index is 0.295. The van der Waals surface area contributed by atoms with Gasteiger partial charge < -0.3 is 10.6 Å². The van der Waals surface area contributed by atoms with Crippen molar-refractivity contribution in [2.75, 3.05) is 10.6 Å². The zero-order chi connectivity index (χ0) is 14.0. The first-order chi connectivity index (χ1) is 9.03. The Kier molecular flexibility index (Phi) is 3.62. The van der Waals surface area contributed by atoms with Gasteiger partial charge in [-0.1, -0.05) is 24.6 Å². The van der Waals surface area contributed by atoms with E-state index in [0.29, 0.717) is 29.2 Å². The summed E-state index contributed by atoms with van der Waals surface area (Å²) in [6.07, 6.45) is 2.28. The number of hydrogen-bond donors (Lipinski definition) is 2. The van der Waals surface area contributed by atoms with Crippen LogP contribution < -0.4 is 10.6 Å². The zero-order valence-electron chi connectivity index (χ0n) is 10.6. The monoisotopic (exact) mass is 278 g/mol. The van der Waals surface area contributed by atoms with Crippen molar-refractivity contribution in [1.82, 2.24) is 0 Å². The molecule has 5 heteroatoms. The number of carbonyl (C=O) groups excluding carboxylic acids is 2. The molecule has 100 valence electrons. The maximum Gasteiger partial charge on any atom is 0.240 e. The Morgan fingerprint density at radius 2 is 1.89 bits per heavy atom. The van der Waals surface area contributed by atoms with Gasteiger partial charge in [-0.3, -0.25) is 9.59 Å². The predicted octanol–water partition coefficient (Wildman–Crippen LogP) is 3.20. The van der Waals surface area contributed by atoms with Crippen molar-refractivity contribution in [3.63, 3.8) is 0 Å². The van der Waals surface area contributed by atoms with Gasteiger partial charge in [-0.05, 0) is 31.0 Å². The highest BCUT2D eigenvalue weighted by Crippen LogP contribution is 2.37. The van der Waals surface area contributed by atoms with Crippen LogP contribution in [0, 0.1) is 5.41 Å². The molecule has 4 nitrogen and oxygen atoms in total. The molecule has 0 spiro atoms. The van der Waals surface area contributed by atoms with E-state index in [1.807, 2.05) is 6.92 Å². The van der Waals surface area contributed by atoms with Crippen molar-refractivity contribution in [2.45, 2.75) is 19.8 Å². The molecule has 0 aliphatic carbocycles. The van der Waals surface area contributed by atoms with Gasteiger partial charge in [0.25, 0.3) is 0 Å². The molecule has 2 N–H and O–H groups in total. The molecular weight excluding hydrogens is 264 g/mol. The van der Waals surface area contributed by atoms with E-state index >= 15 is 0 Å². The van der Waals surface area contributed by atoms with Crippen molar-refractivity contribution in [2.24, 2.45) is 5.41 Å². The van der Waals surface area contributed by atoms with E-state index in [4.69, 9.17) is 11.6 Å². The molecule has 1 unspecified atom stereocenters. The molecule has 2 rings (SSSR count). The van der Waals surface area contributed by atoms with Crippen LogP contribution in [0.4, 0.5) is 11.4 Å². The van der Waals surface area contributed by atoms with Crippen LogP contribution in [-0.2, 0) is 9.59 Å². The molecular formula is C14H15ClN2O2. The first kappa shape index (κ1) is 13.6. The highest BCUT2D eigenvalue weighted by Gasteiger charge is 2.45. The van der Waals surface area contributed by atoms with Gasteiger partial charge in [-0.2, -0.15) is 0 Å². The van der Waals surface area contributed by atoms with Gasteiger partial charge in [0.1, 0.15) is 5.41 Å². The number of carbonyl (C=O) groups is 2. The second-order valence-corrected chi connectivity index (χ2v) is 4.96. The summed E-state index contributed by atoms with van der Waals surface area (Å²) >= 11 is 5.90. The second-order valence-electron chi connectivity index (χ2n) is 4.53. The first-order valence-electron chi connectivity index (χ1n) is 6.07. The average molecular weight is 279 g/mol. The lowest BCUT2D eigenvalue weighted by Crippen LogP contribution is -2.43. The van der Waals surface area contributed by atoms with Crippen molar-refractivity contribution in [3.8, 4) is 0 Å². The van der Waals surface area contributed by atoms with Crippen molar-refractivity contribution in [3.05, 3.63) is 35.9 Å². The standard InChI is InChI=1S/C14H15ClN2O2/c1-3-7-14(4-2)12(18)16-10-6-5-9(15)8-11(10)17-13(14)19/h3,5-6,8H,1,4,7H2,2H3,(H,16,18)(H,17,19). The Hall–Kier alpha value is -1.81. The van der Waals surface area contributed by atoms with Gasteiger partial charge in [0.15, 0.2) is 0 Å². The lowest BCUT2D eigenvalue weighted by molar-refractivity contribution is -0.137. The molecule has 1 atom stereocenters. The van der Waals surface area contributed by atoms with Gasteiger partial charge >= 0.3 is 0 Å². The number of rotatable bonds is 3. The summed E-state index contributed by atoms with van der Waals surface area (Å²) in [6, 6.07) is 4.96. The average Bonchev–Trinajstić information content (AvgIpc) is 2.47. The van der Waals surface area contributed by atoms with E-state index in [2.05, 4.69) is 17.2 Å². The van der Waals surface area contributed by atoms with Crippen LogP contribution in [0.3, 0.4) is 0 Å². The van der Waals surface area contributed by atoms with Gasteiger partial charge in [0.2, 0.25) is 11.8 Å². The number of anilines is 2. The van der Waals surface area contributed by atoms with E-state index in [9.17, 15) is 9.59 Å². The summed E-state index contributed by atoms with van der Waals surface area (Å²) in [7, 11) is 0. The lowest BCUT2D eigenvalue weighted by atomic mass is 9.80. The summed E-state index contributed by atoms with van der Waals surface area (Å²) < 4.78 is 0. The maximum atomic E-state index is 12.4. The highest BCUT2D eigenvalue weighted by molar-refractivity contribution is 6.31. The molecule has 0 bridgehead atoms. The molecule has 0 saturated carbocycles. The number of hydrogen-bond acceptors (Lipinski definition) is 2. The van der Waals surface area contributed by atoms with E-state index in [1.165, 1.54) is 0 Å². The third kappa shape index (κ3) is 2.24. The molecule has 0 fully saturated rings. The van der Waals surface area contributed by atoms with Gasteiger partial charge in [-0.15, -0.1) is 6.58 Å². The molecule has 1 heterocycles. The van der Waals surface area contributed by atoms with E-state index in [0.717, 1.165) is 0 Å².